The number of sulfonamides is 1. The van der Waals surface area contributed by atoms with E-state index in [0.717, 1.165) is 16.4 Å². The van der Waals surface area contributed by atoms with Crippen molar-refractivity contribution in [3.8, 4) is 5.75 Å². The zero-order valence-electron chi connectivity index (χ0n) is 12.6. The van der Waals surface area contributed by atoms with Crippen LogP contribution < -0.4 is 9.04 Å². The number of rotatable bonds is 3. The van der Waals surface area contributed by atoms with E-state index in [1.54, 1.807) is 13.0 Å². The van der Waals surface area contributed by atoms with Gasteiger partial charge >= 0.3 is 0 Å². The van der Waals surface area contributed by atoms with Crippen molar-refractivity contribution in [1.82, 2.24) is 0 Å². The predicted molar refractivity (Wildman–Crippen MR) is 82.3 cm³/mol. The average Bonchev–Trinajstić information content (AvgIpc) is 2.91. The number of anilines is 1. The smallest absolute Gasteiger partial charge is 0.264 e. The van der Waals surface area contributed by atoms with Crippen molar-refractivity contribution in [2.24, 2.45) is 0 Å². The number of benzene rings is 2. The number of fused-ring (bicyclic) bond motifs is 1. The van der Waals surface area contributed by atoms with Gasteiger partial charge in [0.1, 0.15) is 17.4 Å². The maximum atomic E-state index is 13.8. The quantitative estimate of drug-likeness (QED) is 0.863. The van der Waals surface area contributed by atoms with Crippen LogP contribution in [0, 0.1) is 18.6 Å². The Balaban J connectivity index is 2.08. The molecule has 0 aromatic heterocycles. The van der Waals surface area contributed by atoms with Crippen LogP contribution in [-0.2, 0) is 16.4 Å². The van der Waals surface area contributed by atoms with Crippen LogP contribution in [0.5, 0.6) is 5.75 Å². The molecule has 0 spiro atoms. The number of hydrogen-bond donors (Lipinski definition) is 0. The SMILES string of the molecule is COc1ccc(S(=O)(=O)N2CCc3c(F)cc(F)cc32)cc1C. The molecule has 0 N–H and O–H groups in total. The molecule has 2 aromatic carbocycles. The van der Waals surface area contributed by atoms with Crippen molar-refractivity contribution < 1.29 is 21.9 Å². The van der Waals surface area contributed by atoms with Gasteiger partial charge in [0.05, 0.1) is 17.7 Å². The molecule has 122 valence electrons. The summed E-state index contributed by atoms with van der Waals surface area (Å²) in [5.74, 6) is -0.944. The number of ether oxygens (including phenoxy) is 1. The number of aryl methyl sites for hydroxylation is 1. The Kier molecular flexibility index (Phi) is 3.75. The van der Waals surface area contributed by atoms with Crippen molar-refractivity contribution in [2.45, 2.75) is 18.2 Å². The Morgan fingerprint density at radius 1 is 1.17 bits per heavy atom. The highest BCUT2D eigenvalue weighted by atomic mass is 32.2. The largest absolute Gasteiger partial charge is 0.496 e. The van der Waals surface area contributed by atoms with Crippen LogP contribution in [0.15, 0.2) is 35.2 Å². The van der Waals surface area contributed by atoms with E-state index in [9.17, 15) is 17.2 Å². The van der Waals surface area contributed by atoms with Gasteiger partial charge in [-0.2, -0.15) is 0 Å². The van der Waals surface area contributed by atoms with Crippen molar-refractivity contribution in [3.05, 3.63) is 53.1 Å². The monoisotopic (exact) mass is 339 g/mol. The molecular formula is C16H15F2NO3S. The second kappa shape index (κ2) is 5.49. The molecule has 3 rings (SSSR count). The molecule has 1 heterocycles. The minimum atomic E-state index is -3.89. The summed E-state index contributed by atoms with van der Waals surface area (Å²) in [6.07, 6.45) is 0.218. The van der Waals surface area contributed by atoms with E-state index >= 15 is 0 Å². The van der Waals surface area contributed by atoms with E-state index in [2.05, 4.69) is 0 Å². The standard InChI is InChI=1S/C16H15F2NO3S/c1-10-7-12(3-4-16(10)22-2)23(20,21)19-6-5-13-14(18)8-11(17)9-15(13)19/h3-4,7-9H,5-6H2,1-2H3. The first kappa shape index (κ1) is 15.7. The highest BCUT2D eigenvalue weighted by molar-refractivity contribution is 7.92. The molecule has 7 heteroatoms. The lowest BCUT2D eigenvalue weighted by atomic mass is 10.1. The summed E-state index contributed by atoms with van der Waals surface area (Å²) >= 11 is 0. The van der Waals surface area contributed by atoms with E-state index in [4.69, 9.17) is 4.74 Å². The van der Waals surface area contributed by atoms with Crippen LogP contribution in [-0.4, -0.2) is 22.1 Å². The first-order chi connectivity index (χ1) is 10.8. The molecule has 0 aliphatic carbocycles. The second-order valence-corrected chi connectivity index (χ2v) is 7.21. The van der Waals surface area contributed by atoms with Crippen LogP contribution >= 0.6 is 0 Å². The molecule has 0 saturated heterocycles. The number of nitrogens with zero attached hydrogens (tertiary/aromatic N) is 1. The molecule has 1 aliphatic heterocycles. The first-order valence-electron chi connectivity index (χ1n) is 7.00. The van der Waals surface area contributed by atoms with E-state index in [1.165, 1.54) is 19.2 Å². The van der Waals surface area contributed by atoms with Crippen molar-refractivity contribution >= 4 is 15.7 Å². The van der Waals surface area contributed by atoms with Crippen LogP contribution in [0.1, 0.15) is 11.1 Å². The first-order valence-corrected chi connectivity index (χ1v) is 8.44. The zero-order chi connectivity index (χ0) is 16.8. The van der Waals surface area contributed by atoms with Crippen molar-refractivity contribution in [3.63, 3.8) is 0 Å². The third-order valence-corrected chi connectivity index (χ3v) is 5.73. The molecular weight excluding hydrogens is 324 g/mol. The number of hydrogen-bond acceptors (Lipinski definition) is 3. The highest BCUT2D eigenvalue weighted by Gasteiger charge is 2.33. The number of halogens is 2. The molecule has 0 radical (unpaired) electrons. The van der Waals surface area contributed by atoms with Crippen molar-refractivity contribution in [1.29, 1.82) is 0 Å². The third kappa shape index (κ3) is 2.55. The van der Waals surface area contributed by atoms with Crippen LogP contribution in [0.2, 0.25) is 0 Å². The van der Waals surface area contributed by atoms with Gasteiger partial charge in [0, 0.05) is 18.2 Å². The lowest BCUT2D eigenvalue weighted by molar-refractivity contribution is 0.411. The fraction of sp³-hybridized carbons (Fsp3) is 0.250. The molecule has 0 bridgehead atoms. The Bertz CT molecular complexity index is 881. The molecule has 1 aliphatic rings. The summed E-state index contributed by atoms with van der Waals surface area (Å²) in [5.41, 5.74) is 0.953. The zero-order valence-corrected chi connectivity index (χ0v) is 13.5. The minimum Gasteiger partial charge on any atom is -0.496 e. The summed E-state index contributed by atoms with van der Waals surface area (Å²) in [6, 6.07) is 6.30. The normalized spacial score (nSPS) is 14.0. The highest BCUT2D eigenvalue weighted by Crippen LogP contribution is 2.35. The lowest BCUT2D eigenvalue weighted by Crippen LogP contribution is -2.29. The van der Waals surface area contributed by atoms with Gasteiger partial charge in [0.15, 0.2) is 0 Å². The van der Waals surface area contributed by atoms with E-state index in [0.29, 0.717) is 11.3 Å². The fourth-order valence-corrected chi connectivity index (χ4v) is 4.36. The summed E-state index contributed by atoms with van der Waals surface area (Å²) in [6.45, 7) is 1.82. The Morgan fingerprint density at radius 3 is 2.57 bits per heavy atom. The molecule has 23 heavy (non-hydrogen) atoms. The summed E-state index contributed by atoms with van der Waals surface area (Å²) in [7, 11) is -2.39. The van der Waals surface area contributed by atoms with Gasteiger partial charge in [-0.1, -0.05) is 0 Å². The van der Waals surface area contributed by atoms with Gasteiger partial charge < -0.3 is 4.74 Å². The van der Waals surface area contributed by atoms with Crippen LogP contribution in [0.25, 0.3) is 0 Å². The summed E-state index contributed by atoms with van der Waals surface area (Å²) < 4.78 is 59.1. The summed E-state index contributed by atoms with van der Waals surface area (Å²) in [4.78, 5) is 0.0633. The van der Waals surface area contributed by atoms with Gasteiger partial charge in [-0.3, -0.25) is 4.31 Å². The lowest BCUT2D eigenvalue weighted by Gasteiger charge is -2.20. The molecule has 0 saturated carbocycles. The van der Waals surface area contributed by atoms with Crippen LogP contribution in [0.4, 0.5) is 14.5 Å². The number of methoxy groups -OCH3 is 1. The molecule has 0 atom stereocenters. The maximum absolute atomic E-state index is 13.8. The molecule has 0 amide bonds. The third-order valence-electron chi connectivity index (χ3n) is 3.92. The Labute approximate surface area is 133 Å². The van der Waals surface area contributed by atoms with Crippen LogP contribution in [0.3, 0.4) is 0 Å². The van der Waals surface area contributed by atoms with Gasteiger partial charge in [-0.25, -0.2) is 17.2 Å². The molecule has 2 aromatic rings. The van der Waals surface area contributed by atoms with Gasteiger partial charge in [-0.05, 0) is 43.2 Å². The van der Waals surface area contributed by atoms with E-state index < -0.39 is 21.7 Å². The minimum absolute atomic E-state index is 0.0633. The van der Waals surface area contributed by atoms with E-state index in [1.807, 2.05) is 0 Å². The topological polar surface area (TPSA) is 46.6 Å². The second-order valence-electron chi connectivity index (χ2n) is 5.34. The van der Waals surface area contributed by atoms with Crippen molar-refractivity contribution in [2.75, 3.05) is 18.0 Å². The van der Waals surface area contributed by atoms with E-state index in [-0.39, 0.29) is 29.1 Å². The summed E-state index contributed by atoms with van der Waals surface area (Å²) in [5, 5.41) is 0. The van der Waals surface area contributed by atoms with Gasteiger partial charge in [0.25, 0.3) is 10.0 Å². The maximum Gasteiger partial charge on any atom is 0.264 e. The fourth-order valence-electron chi connectivity index (χ4n) is 2.78. The predicted octanol–water partition coefficient (Wildman–Crippen LogP) is 3.03. The molecule has 4 nitrogen and oxygen atoms in total. The Hall–Kier alpha value is -2.15. The molecule has 0 fully saturated rings. The Morgan fingerprint density at radius 2 is 1.91 bits per heavy atom. The van der Waals surface area contributed by atoms with Gasteiger partial charge in [0.2, 0.25) is 0 Å². The van der Waals surface area contributed by atoms with Gasteiger partial charge in [-0.15, -0.1) is 0 Å². The average molecular weight is 339 g/mol. The molecule has 0 unspecified atom stereocenters.